The SMILES string of the molecule is Cc1cc(C)nc(N2CCC(Oc3ncc(Br)cn3)CC2)n1. The maximum atomic E-state index is 5.83. The Balaban J connectivity index is 1.59. The van der Waals surface area contributed by atoms with Gasteiger partial charge in [-0.1, -0.05) is 0 Å². The molecule has 6 nitrogen and oxygen atoms in total. The topological polar surface area (TPSA) is 64.0 Å². The van der Waals surface area contributed by atoms with Gasteiger partial charge >= 0.3 is 6.01 Å². The zero-order chi connectivity index (χ0) is 15.5. The zero-order valence-corrected chi connectivity index (χ0v) is 14.2. The molecule has 0 unspecified atom stereocenters. The summed E-state index contributed by atoms with van der Waals surface area (Å²) in [5.74, 6) is 0.816. The average Bonchev–Trinajstić information content (AvgIpc) is 2.49. The van der Waals surface area contributed by atoms with Gasteiger partial charge in [0.2, 0.25) is 5.95 Å². The second kappa shape index (κ2) is 6.56. The van der Waals surface area contributed by atoms with Gasteiger partial charge in [0.25, 0.3) is 0 Å². The molecule has 0 saturated carbocycles. The monoisotopic (exact) mass is 363 g/mol. The summed E-state index contributed by atoms with van der Waals surface area (Å²) < 4.78 is 6.68. The highest BCUT2D eigenvalue weighted by Gasteiger charge is 2.23. The maximum absolute atomic E-state index is 5.83. The van der Waals surface area contributed by atoms with Gasteiger partial charge in [-0.25, -0.2) is 19.9 Å². The molecule has 1 aliphatic heterocycles. The van der Waals surface area contributed by atoms with E-state index in [1.807, 2.05) is 19.9 Å². The minimum Gasteiger partial charge on any atom is -0.460 e. The van der Waals surface area contributed by atoms with Crippen molar-refractivity contribution in [1.29, 1.82) is 0 Å². The highest BCUT2D eigenvalue weighted by atomic mass is 79.9. The number of rotatable bonds is 3. The van der Waals surface area contributed by atoms with E-state index in [1.54, 1.807) is 12.4 Å². The van der Waals surface area contributed by atoms with Crippen molar-refractivity contribution in [3.05, 3.63) is 34.3 Å². The molecule has 116 valence electrons. The first-order valence-electron chi connectivity index (χ1n) is 7.31. The maximum Gasteiger partial charge on any atom is 0.316 e. The van der Waals surface area contributed by atoms with Gasteiger partial charge in [-0.15, -0.1) is 0 Å². The van der Waals surface area contributed by atoms with E-state index >= 15 is 0 Å². The first-order chi connectivity index (χ1) is 10.6. The lowest BCUT2D eigenvalue weighted by atomic mass is 10.1. The van der Waals surface area contributed by atoms with Crippen LogP contribution in [0.25, 0.3) is 0 Å². The van der Waals surface area contributed by atoms with Crippen molar-refractivity contribution in [3.8, 4) is 6.01 Å². The molecule has 0 amide bonds. The van der Waals surface area contributed by atoms with Crippen LogP contribution < -0.4 is 9.64 Å². The van der Waals surface area contributed by atoms with Crippen LogP contribution in [0.4, 0.5) is 5.95 Å². The Kier molecular flexibility index (Phi) is 4.52. The van der Waals surface area contributed by atoms with E-state index in [2.05, 4.69) is 40.8 Å². The molecule has 0 bridgehead atoms. The summed E-state index contributed by atoms with van der Waals surface area (Å²) in [7, 11) is 0. The van der Waals surface area contributed by atoms with Crippen LogP contribution in [-0.4, -0.2) is 39.1 Å². The molecular weight excluding hydrogens is 346 g/mol. The van der Waals surface area contributed by atoms with Crippen LogP contribution in [-0.2, 0) is 0 Å². The van der Waals surface area contributed by atoms with Crippen LogP contribution in [0.5, 0.6) is 6.01 Å². The highest BCUT2D eigenvalue weighted by molar-refractivity contribution is 9.10. The number of hydrogen-bond acceptors (Lipinski definition) is 6. The van der Waals surface area contributed by atoms with Gasteiger partial charge in [-0.05, 0) is 35.8 Å². The van der Waals surface area contributed by atoms with Crippen LogP contribution in [0.2, 0.25) is 0 Å². The minimum atomic E-state index is 0.142. The van der Waals surface area contributed by atoms with Crippen molar-refractivity contribution in [2.75, 3.05) is 18.0 Å². The summed E-state index contributed by atoms with van der Waals surface area (Å²) in [5, 5.41) is 0. The fraction of sp³-hybridized carbons (Fsp3) is 0.467. The number of aryl methyl sites for hydroxylation is 2. The van der Waals surface area contributed by atoms with Gasteiger partial charge in [0, 0.05) is 49.7 Å². The lowest BCUT2D eigenvalue weighted by Gasteiger charge is -2.31. The Bertz CT molecular complexity index is 621. The molecule has 0 aromatic carbocycles. The normalized spacial score (nSPS) is 15.9. The number of aromatic nitrogens is 4. The van der Waals surface area contributed by atoms with E-state index in [9.17, 15) is 0 Å². The third-order valence-electron chi connectivity index (χ3n) is 3.56. The average molecular weight is 364 g/mol. The largest absolute Gasteiger partial charge is 0.460 e. The Labute approximate surface area is 138 Å². The van der Waals surface area contributed by atoms with Gasteiger partial charge in [-0.2, -0.15) is 0 Å². The van der Waals surface area contributed by atoms with Crippen molar-refractivity contribution in [2.45, 2.75) is 32.8 Å². The summed E-state index contributed by atoms with van der Waals surface area (Å²) in [6.07, 6.45) is 5.36. The predicted molar refractivity (Wildman–Crippen MR) is 87.1 cm³/mol. The van der Waals surface area contributed by atoms with Gasteiger partial charge in [0.05, 0.1) is 4.47 Å². The van der Waals surface area contributed by atoms with Gasteiger partial charge < -0.3 is 9.64 Å². The van der Waals surface area contributed by atoms with E-state index in [0.717, 1.165) is 47.7 Å². The second-order valence-corrected chi connectivity index (χ2v) is 6.35. The van der Waals surface area contributed by atoms with Crippen molar-refractivity contribution in [3.63, 3.8) is 0 Å². The minimum absolute atomic E-state index is 0.142. The summed E-state index contributed by atoms with van der Waals surface area (Å²) in [6.45, 7) is 5.76. The Morgan fingerprint density at radius 1 is 1.09 bits per heavy atom. The number of piperidine rings is 1. The molecule has 3 rings (SSSR count). The van der Waals surface area contributed by atoms with Crippen molar-refractivity contribution in [2.24, 2.45) is 0 Å². The van der Waals surface area contributed by atoms with Gasteiger partial charge in [0.1, 0.15) is 6.10 Å². The first-order valence-corrected chi connectivity index (χ1v) is 8.11. The molecule has 1 saturated heterocycles. The van der Waals surface area contributed by atoms with E-state index in [-0.39, 0.29) is 6.10 Å². The molecule has 2 aromatic heterocycles. The molecular formula is C15H18BrN5O. The van der Waals surface area contributed by atoms with E-state index in [1.165, 1.54) is 0 Å². The van der Waals surface area contributed by atoms with Crippen LogP contribution in [0.15, 0.2) is 22.9 Å². The van der Waals surface area contributed by atoms with Gasteiger partial charge in [-0.3, -0.25) is 0 Å². The standard InChI is InChI=1S/C15H18BrN5O/c1-10-7-11(2)20-14(19-10)21-5-3-13(4-6-21)22-15-17-8-12(16)9-18-15/h7-9,13H,3-6H2,1-2H3. The first kappa shape index (κ1) is 15.1. The Hall–Kier alpha value is -1.76. The van der Waals surface area contributed by atoms with E-state index < -0.39 is 0 Å². The fourth-order valence-corrected chi connectivity index (χ4v) is 2.74. The number of anilines is 1. The van der Waals surface area contributed by atoms with E-state index in [4.69, 9.17) is 4.74 Å². The molecule has 0 spiro atoms. The Morgan fingerprint density at radius 2 is 1.68 bits per heavy atom. The van der Waals surface area contributed by atoms with Gasteiger partial charge in [0.15, 0.2) is 0 Å². The number of halogens is 1. The lowest BCUT2D eigenvalue weighted by Crippen LogP contribution is -2.39. The van der Waals surface area contributed by atoms with Crippen LogP contribution in [0, 0.1) is 13.8 Å². The van der Waals surface area contributed by atoms with E-state index in [0.29, 0.717) is 6.01 Å². The van der Waals surface area contributed by atoms with Crippen LogP contribution in [0.1, 0.15) is 24.2 Å². The quantitative estimate of drug-likeness (QED) is 0.835. The molecule has 0 aliphatic carbocycles. The molecule has 1 fully saturated rings. The molecule has 22 heavy (non-hydrogen) atoms. The Morgan fingerprint density at radius 3 is 2.27 bits per heavy atom. The van der Waals surface area contributed by atoms with Crippen molar-refractivity contribution in [1.82, 2.24) is 19.9 Å². The summed E-state index contributed by atoms with van der Waals surface area (Å²) in [4.78, 5) is 19.6. The van der Waals surface area contributed by atoms with Crippen molar-refractivity contribution >= 4 is 21.9 Å². The molecule has 7 heteroatoms. The summed E-state index contributed by atoms with van der Waals surface area (Å²) in [6, 6.07) is 2.42. The lowest BCUT2D eigenvalue weighted by molar-refractivity contribution is 0.156. The molecule has 3 heterocycles. The van der Waals surface area contributed by atoms with Crippen molar-refractivity contribution < 1.29 is 4.74 Å². The third-order valence-corrected chi connectivity index (χ3v) is 3.97. The molecule has 0 radical (unpaired) electrons. The fourth-order valence-electron chi connectivity index (χ4n) is 2.53. The predicted octanol–water partition coefficient (Wildman–Crippen LogP) is 2.69. The third kappa shape index (κ3) is 3.71. The summed E-state index contributed by atoms with van der Waals surface area (Å²) in [5.41, 5.74) is 2.01. The molecule has 2 aromatic rings. The summed E-state index contributed by atoms with van der Waals surface area (Å²) >= 11 is 3.31. The zero-order valence-electron chi connectivity index (χ0n) is 12.7. The highest BCUT2D eigenvalue weighted by Crippen LogP contribution is 2.20. The molecule has 0 N–H and O–H groups in total. The second-order valence-electron chi connectivity index (χ2n) is 5.44. The number of hydrogen-bond donors (Lipinski definition) is 0. The number of nitrogens with zero attached hydrogens (tertiary/aromatic N) is 5. The number of ether oxygens (including phenoxy) is 1. The smallest absolute Gasteiger partial charge is 0.316 e. The molecule has 1 aliphatic rings. The molecule has 0 atom stereocenters. The van der Waals surface area contributed by atoms with Crippen LogP contribution >= 0.6 is 15.9 Å². The van der Waals surface area contributed by atoms with Crippen LogP contribution in [0.3, 0.4) is 0 Å².